The lowest BCUT2D eigenvalue weighted by Gasteiger charge is -2.12. The fourth-order valence-corrected chi connectivity index (χ4v) is 3.21. The minimum atomic E-state index is 0.459. The molecule has 2 aromatic heterocycles. The molecule has 0 amide bonds. The third kappa shape index (κ3) is 3.08. The molecule has 1 fully saturated rings. The molecule has 0 bridgehead atoms. The van der Waals surface area contributed by atoms with E-state index in [1.54, 1.807) is 17.5 Å². The molecule has 3 rings (SSSR count). The number of thiophene rings is 1. The first kappa shape index (κ1) is 12.9. The van der Waals surface area contributed by atoms with E-state index in [4.69, 9.17) is 16.3 Å². The van der Waals surface area contributed by atoms with Crippen molar-refractivity contribution in [3.05, 3.63) is 34.9 Å². The van der Waals surface area contributed by atoms with Gasteiger partial charge in [-0.25, -0.2) is 4.98 Å². The number of ether oxygens (including phenoxy) is 1. The molecule has 3 nitrogen and oxygen atoms in total. The van der Waals surface area contributed by atoms with E-state index in [2.05, 4.69) is 10.3 Å². The zero-order valence-electron chi connectivity index (χ0n) is 10.4. The van der Waals surface area contributed by atoms with Crippen molar-refractivity contribution in [3.8, 4) is 16.2 Å². The molecule has 1 atom stereocenters. The SMILES string of the molecule is Clc1ncc(OC[C@@H]2CCCN2)cc1-c1cccs1. The van der Waals surface area contributed by atoms with E-state index < -0.39 is 0 Å². The molecule has 0 unspecified atom stereocenters. The molecule has 0 aromatic carbocycles. The molecular weight excluding hydrogens is 280 g/mol. The second-order valence-corrected chi connectivity index (χ2v) is 5.90. The zero-order chi connectivity index (χ0) is 13.1. The van der Waals surface area contributed by atoms with Crippen LogP contribution in [0.1, 0.15) is 12.8 Å². The number of pyridine rings is 1. The van der Waals surface area contributed by atoms with Crippen molar-refractivity contribution >= 4 is 22.9 Å². The lowest BCUT2D eigenvalue weighted by molar-refractivity contribution is 0.276. The van der Waals surface area contributed by atoms with Gasteiger partial charge in [0.15, 0.2) is 0 Å². The lowest BCUT2D eigenvalue weighted by atomic mass is 10.2. The number of nitrogens with one attached hydrogen (secondary N) is 1. The van der Waals surface area contributed by atoms with Gasteiger partial charge >= 0.3 is 0 Å². The van der Waals surface area contributed by atoms with Gasteiger partial charge in [-0.2, -0.15) is 0 Å². The summed E-state index contributed by atoms with van der Waals surface area (Å²) in [5.74, 6) is 0.779. The Bertz CT molecular complexity index is 538. The maximum atomic E-state index is 6.14. The van der Waals surface area contributed by atoms with Crippen LogP contribution in [0.5, 0.6) is 5.75 Å². The van der Waals surface area contributed by atoms with Crippen molar-refractivity contribution in [3.63, 3.8) is 0 Å². The highest BCUT2D eigenvalue weighted by molar-refractivity contribution is 7.13. The topological polar surface area (TPSA) is 34.1 Å². The van der Waals surface area contributed by atoms with Crippen molar-refractivity contribution in [1.29, 1.82) is 0 Å². The first-order valence-electron chi connectivity index (χ1n) is 6.38. The highest BCUT2D eigenvalue weighted by Crippen LogP contribution is 2.32. The Morgan fingerprint density at radius 3 is 3.21 bits per heavy atom. The van der Waals surface area contributed by atoms with E-state index in [-0.39, 0.29) is 0 Å². The summed E-state index contributed by atoms with van der Waals surface area (Å²) in [6.45, 7) is 1.78. The molecule has 100 valence electrons. The molecule has 1 saturated heterocycles. The predicted octanol–water partition coefficient (Wildman–Crippen LogP) is 3.59. The van der Waals surface area contributed by atoms with E-state index in [9.17, 15) is 0 Å². The van der Waals surface area contributed by atoms with Gasteiger partial charge in [0.25, 0.3) is 0 Å². The van der Waals surface area contributed by atoms with Crippen LogP contribution in [0.15, 0.2) is 29.8 Å². The Labute approximate surface area is 121 Å². The van der Waals surface area contributed by atoms with Gasteiger partial charge in [-0.15, -0.1) is 11.3 Å². The highest BCUT2D eigenvalue weighted by Gasteiger charge is 2.15. The number of halogens is 1. The third-order valence-corrected chi connectivity index (χ3v) is 4.42. The van der Waals surface area contributed by atoms with Gasteiger partial charge in [-0.3, -0.25) is 0 Å². The first-order chi connectivity index (χ1) is 9.33. The van der Waals surface area contributed by atoms with Crippen LogP contribution in [0.25, 0.3) is 10.4 Å². The summed E-state index contributed by atoms with van der Waals surface area (Å²) in [5, 5.41) is 5.96. The second-order valence-electron chi connectivity index (χ2n) is 4.59. The lowest BCUT2D eigenvalue weighted by Crippen LogP contribution is -2.28. The van der Waals surface area contributed by atoms with Gasteiger partial charge in [0.05, 0.1) is 6.20 Å². The minimum absolute atomic E-state index is 0.459. The van der Waals surface area contributed by atoms with Crippen LogP contribution in [-0.2, 0) is 0 Å². The third-order valence-electron chi connectivity index (χ3n) is 3.21. The average molecular weight is 295 g/mol. The number of hydrogen-bond acceptors (Lipinski definition) is 4. The van der Waals surface area contributed by atoms with Gasteiger partial charge in [0.1, 0.15) is 17.5 Å². The Morgan fingerprint density at radius 1 is 1.53 bits per heavy atom. The summed E-state index contributed by atoms with van der Waals surface area (Å²) in [6, 6.07) is 6.47. The standard InChI is InChI=1S/C14H15ClN2OS/c15-14-12(13-4-2-6-19-13)7-11(8-17-14)18-9-10-3-1-5-16-10/h2,4,6-8,10,16H,1,3,5,9H2/t10-/m0/s1. The molecule has 0 saturated carbocycles. The summed E-state index contributed by atoms with van der Waals surface area (Å²) in [4.78, 5) is 5.32. The first-order valence-corrected chi connectivity index (χ1v) is 7.64. The maximum absolute atomic E-state index is 6.14. The van der Waals surface area contributed by atoms with Gasteiger partial charge in [-0.05, 0) is 36.9 Å². The summed E-state index contributed by atoms with van der Waals surface area (Å²) in [5.41, 5.74) is 0.938. The Morgan fingerprint density at radius 2 is 2.47 bits per heavy atom. The molecule has 1 N–H and O–H groups in total. The maximum Gasteiger partial charge on any atom is 0.138 e. The van der Waals surface area contributed by atoms with Crippen molar-refractivity contribution in [2.24, 2.45) is 0 Å². The monoisotopic (exact) mass is 294 g/mol. The highest BCUT2D eigenvalue weighted by atomic mass is 35.5. The van der Waals surface area contributed by atoms with E-state index in [0.717, 1.165) is 22.7 Å². The molecule has 0 radical (unpaired) electrons. The number of hydrogen-bond donors (Lipinski definition) is 1. The molecule has 19 heavy (non-hydrogen) atoms. The van der Waals surface area contributed by atoms with E-state index in [1.807, 2.05) is 23.6 Å². The molecule has 3 heterocycles. The van der Waals surface area contributed by atoms with E-state index >= 15 is 0 Å². The van der Waals surface area contributed by atoms with Crippen LogP contribution in [0.4, 0.5) is 0 Å². The van der Waals surface area contributed by atoms with Crippen LogP contribution in [0, 0.1) is 0 Å². The van der Waals surface area contributed by atoms with Gasteiger partial charge < -0.3 is 10.1 Å². The summed E-state index contributed by atoms with van der Waals surface area (Å²) in [7, 11) is 0. The van der Waals surface area contributed by atoms with Gasteiger partial charge in [0.2, 0.25) is 0 Å². The molecule has 1 aliphatic heterocycles. The molecule has 0 aliphatic carbocycles. The average Bonchev–Trinajstić information content (AvgIpc) is 3.11. The van der Waals surface area contributed by atoms with Crippen molar-refractivity contribution in [2.45, 2.75) is 18.9 Å². The molecular formula is C14H15ClN2OS. The Kier molecular flexibility index (Phi) is 4.01. The minimum Gasteiger partial charge on any atom is -0.490 e. The fourth-order valence-electron chi connectivity index (χ4n) is 2.21. The van der Waals surface area contributed by atoms with Gasteiger partial charge in [-0.1, -0.05) is 17.7 Å². The Hall–Kier alpha value is -1.10. The van der Waals surface area contributed by atoms with Crippen LogP contribution in [0.2, 0.25) is 5.15 Å². The van der Waals surface area contributed by atoms with Crippen LogP contribution in [-0.4, -0.2) is 24.2 Å². The molecule has 0 spiro atoms. The summed E-state index contributed by atoms with van der Waals surface area (Å²) in [6.07, 6.45) is 4.10. The normalized spacial score (nSPS) is 18.7. The van der Waals surface area contributed by atoms with E-state index in [1.165, 1.54) is 12.8 Å². The Balaban J connectivity index is 1.73. The quantitative estimate of drug-likeness (QED) is 0.875. The van der Waals surface area contributed by atoms with Crippen molar-refractivity contribution < 1.29 is 4.74 Å². The van der Waals surface area contributed by atoms with Crippen molar-refractivity contribution in [2.75, 3.05) is 13.2 Å². The summed E-state index contributed by atoms with van der Waals surface area (Å²) < 4.78 is 5.80. The predicted molar refractivity (Wildman–Crippen MR) is 79.1 cm³/mol. The number of rotatable bonds is 4. The fraction of sp³-hybridized carbons (Fsp3) is 0.357. The molecule has 5 heteroatoms. The molecule has 2 aromatic rings. The van der Waals surface area contributed by atoms with Crippen LogP contribution in [0.3, 0.4) is 0 Å². The van der Waals surface area contributed by atoms with Crippen LogP contribution >= 0.6 is 22.9 Å². The smallest absolute Gasteiger partial charge is 0.138 e. The summed E-state index contributed by atoms with van der Waals surface area (Å²) >= 11 is 7.79. The second kappa shape index (κ2) is 5.90. The zero-order valence-corrected chi connectivity index (χ0v) is 12.0. The number of aromatic nitrogens is 1. The van der Waals surface area contributed by atoms with E-state index in [0.29, 0.717) is 17.8 Å². The number of nitrogens with zero attached hydrogens (tertiary/aromatic N) is 1. The van der Waals surface area contributed by atoms with Gasteiger partial charge in [0, 0.05) is 16.5 Å². The van der Waals surface area contributed by atoms with Crippen molar-refractivity contribution in [1.82, 2.24) is 10.3 Å². The largest absolute Gasteiger partial charge is 0.490 e. The molecule has 1 aliphatic rings. The van der Waals surface area contributed by atoms with Crippen LogP contribution < -0.4 is 10.1 Å².